The molecule has 0 aromatic heterocycles. The van der Waals surface area contributed by atoms with Crippen LogP contribution in [0.2, 0.25) is 0 Å². The van der Waals surface area contributed by atoms with Crippen molar-refractivity contribution >= 4 is 5.97 Å². The second-order valence-corrected chi connectivity index (χ2v) is 4.69. The van der Waals surface area contributed by atoms with Crippen molar-refractivity contribution in [1.29, 1.82) is 0 Å². The molecule has 98 valence electrons. The third kappa shape index (κ3) is 3.01. The van der Waals surface area contributed by atoms with Crippen LogP contribution in [0.15, 0.2) is 24.3 Å². The molecule has 4 heteroatoms. The van der Waals surface area contributed by atoms with Gasteiger partial charge in [-0.3, -0.25) is 10.1 Å². The SMILES string of the molecule is COc1ccc(C(NC2CCCC2)C(=O)O)cc1. The highest BCUT2D eigenvalue weighted by Gasteiger charge is 2.25. The van der Waals surface area contributed by atoms with Gasteiger partial charge in [-0.15, -0.1) is 0 Å². The molecule has 1 unspecified atom stereocenters. The molecule has 1 aliphatic rings. The molecule has 1 aliphatic carbocycles. The molecule has 0 saturated heterocycles. The summed E-state index contributed by atoms with van der Waals surface area (Å²) in [5.74, 6) is -0.0872. The molecular formula is C14H19NO3. The first kappa shape index (κ1) is 12.9. The third-order valence-corrected chi connectivity index (χ3v) is 3.45. The van der Waals surface area contributed by atoms with E-state index in [-0.39, 0.29) is 0 Å². The molecule has 0 amide bonds. The molecule has 0 bridgehead atoms. The molecule has 0 spiro atoms. The highest BCUT2D eigenvalue weighted by atomic mass is 16.5. The lowest BCUT2D eigenvalue weighted by molar-refractivity contribution is -0.139. The van der Waals surface area contributed by atoms with E-state index in [4.69, 9.17) is 4.74 Å². The standard InChI is InChI=1S/C14H19NO3/c1-18-12-8-6-10(7-9-12)13(14(16)17)15-11-4-2-3-5-11/h6-9,11,13,15H,2-5H2,1H3,(H,16,17). The van der Waals surface area contributed by atoms with E-state index in [0.29, 0.717) is 6.04 Å². The van der Waals surface area contributed by atoms with Crippen LogP contribution in [0.1, 0.15) is 37.3 Å². The van der Waals surface area contributed by atoms with Crippen molar-refractivity contribution in [2.24, 2.45) is 0 Å². The normalized spacial score (nSPS) is 17.6. The van der Waals surface area contributed by atoms with Crippen molar-refractivity contribution in [3.05, 3.63) is 29.8 Å². The quantitative estimate of drug-likeness (QED) is 0.841. The largest absolute Gasteiger partial charge is 0.497 e. The van der Waals surface area contributed by atoms with Crippen molar-refractivity contribution < 1.29 is 14.6 Å². The fourth-order valence-corrected chi connectivity index (χ4v) is 2.43. The molecule has 18 heavy (non-hydrogen) atoms. The summed E-state index contributed by atoms with van der Waals surface area (Å²) in [6.07, 6.45) is 4.51. The van der Waals surface area contributed by atoms with Crippen LogP contribution >= 0.6 is 0 Å². The Hall–Kier alpha value is -1.55. The van der Waals surface area contributed by atoms with Gasteiger partial charge in [-0.2, -0.15) is 0 Å². The lowest BCUT2D eigenvalue weighted by Gasteiger charge is -2.19. The number of benzene rings is 1. The van der Waals surface area contributed by atoms with Gasteiger partial charge in [0, 0.05) is 6.04 Å². The van der Waals surface area contributed by atoms with Crippen LogP contribution in [0.5, 0.6) is 5.75 Å². The number of carboxylic acids is 1. The highest BCUT2D eigenvalue weighted by Crippen LogP contribution is 2.23. The number of hydrogen-bond donors (Lipinski definition) is 2. The third-order valence-electron chi connectivity index (χ3n) is 3.45. The summed E-state index contributed by atoms with van der Waals surface area (Å²) in [6.45, 7) is 0. The van der Waals surface area contributed by atoms with Crippen LogP contribution in [0.3, 0.4) is 0 Å². The number of ether oxygens (including phenoxy) is 1. The van der Waals surface area contributed by atoms with E-state index in [1.165, 1.54) is 12.8 Å². The topological polar surface area (TPSA) is 58.6 Å². The fourth-order valence-electron chi connectivity index (χ4n) is 2.43. The van der Waals surface area contributed by atoms with Gasteiger partial charge in [0.25, 0.3) is 0 Å². The molecule has 0 heterocycles. The zero-order valence-electron chi connectivity index (χ0n) is 10.6. The van der Waals surface area contributed by atoms with Crippen molar-refractivity contribution in [1.82, 2.24) is 5.32 Å². The van der Waals surface area contributed by atoms with Gasteiger partial charge in [0.2, 0.25) is 0 Å². The van der Waals surface area contributed by atoms with Gasteiger partial charge in [0.1, 0.15) is 11.8 Å². The number of hydrogen-bond acceptors (Lipinski definition) is 3. The van der Waals surface area contributed by atoms with Crippen LogP contribution < -0.4 is 10.1 Å². The average molecular weight is 249 g/mol. The van der Waals surface area contributed by atoms with E-state index in [2.05, 4.69) is 5.32 Å². The molecule has 0 radical (unpaired) electrons. The van der Waals surface area contributed by atoms with Gasteiger partial charge in [0.15, 0.2) is 0 Å². The summed E-state index contributed by atoms with van der Waals surface area (Å²) in [7, 11) is 1.60. The Balaban J connectivity index is 2.10. The van der Waals surface area contributed by atoms with Crippen LogP contribution in [0.25, 0.3) is 0 Å². The van der Waals surface area contributed by atoms with Gasteiger partial charge in [-0.25, -0.2) is 0 Å². The minimum absolute atomic E-state index is 0.327. The van der Waals surface area contributed by atoms with Crippen molar-refractivity contribution in [3.8, 4) is 5.75 Å². The number of carboxylic acid groups (broad SMARTS) is 1. The Morgan fingerprint density at radius 2 is 1.94 bits per heavy atom. The van der Waals surface area contributed by atoms with E-state index in [0.717, 1.165) is 24.2 Å². The first-order valence-corrected chi connectivity index (χ1v) is 6.33. The van der Waals surface area contributed by atoms with Crippen LogP contribution in [0.4, 0.5) is 0 Å². The molecule has 4 nitrogen and oxygen atoms in total. The molecule has 1 saturated carbocycles. The number of methoxy groups -OCH3 is 1. The number of carbonyl (C=O) groups is 1. The molecule has 1 fully saturated rings. The molecule has 1 atom stereocenters. The molecule has 1 aromatic carbocycles. The molecule has 2 rings (SSSR count). The van der Waals surface area contributed by atoms with Crippen molar-refractivity contribution in [3.63, 3.8) is 0 Å². The van der Waals surface area contributed by atoms with Crippen LogP contribution in [-0.4, -0.2) is 24.2 Å². The lowest BCUT2D eigenvalue weighted by atomic mass is 10.1. The molecular weight excluding hydrogens is 230 g/mol. The first-order valence-electron chi connectivity index (χ1n) is 6.33. The highest BCUT2D eigenvalue weighted by molar-refractivity contribution is 5.75. The first-order chi connectivity index (χ1) is 8.70. The van der Waals surface area contributed by atoms with Crippen molar-refractivity contribution in [2.75, 3.05) is 7.11 Å². The van der Waals surface area contributed by atoms with E-state index in [1.807, 2.05) is 0 Å². The van der Waals surface area contributed by atoms with Crippen molar-refractivity contribution in [2.45, 2.75) is 37.8 Å². The van der Waals surface area contributed by atoms with E-state index in [1.54, 1.807) is 31.4 Å². The zero-order chi connectivity index (χ0) is 13.0. The minimum atomic E-state index is -0.827. The second kappa shape index (κ2) is 5.87. The summed E-state index contributed by atoms with van der Waals surface area (Å²) in [6, 6.07) is 6.90. The Morgan fingerprint density at radius 3 is 2.44 bits per heavy atom. The van der Waals surface area contributed by atoms with Gasteiger partial charge >= 0.3 is 5.97 Å². The van der Waals surface area contributed by atoms with Crippen LogP contribution in [0, 0.1) is 0 Å². The molecule has 2 N–H and O–H groups in total. The predicted molar refractivity (Wildman–Crippen MR) is 68.8 cm³/mol. The second-order valence-electron chi connectivity index (χ2n) is 4.69. The monoisotopic (exact) mass is 249 g/mol. The minimum Gasteiger partial charge on any atom is -0.497 e. The lowest BCUT2D eigenvalue weighted by Crippen LogP contribution is -2.35. The maximum atomic E-state index is 11.3. The van der Waals surface area contributed by atoms with E-state index < -0.39 is 12.0 Å². The summed E-state index contributed by atoms with van der Waals surface area (Å²) in [4.78, 5) is 11.3. The van der Waals surface area contributed by atoms with E-state index in [9.17, 15) is 9.90 Å². The van der Waals surface area contributed by atoms with Gasteiger partial charge < -0.3 is 9.84 Å². The number of nitrogens with one attached hydrogen (secondary N) is 1. The van der Waals surface area contributed by atoms with Gasteiger partial charge in [-0.05, 0) is 30.5 Å². The zero-order valence-corrected chi connectivity index (χ0v) is 10.6. The fraction of sp³-hybridized carbons (Fsp3) is 0.500. The molecule has 0 aliphatic heterocycles. The smallest absolute Gasteiger partial charge is 0.325 e. The Kier molecular flexibility index (Phi) is 4.20. The Labute approximate surface area is 107 Å². The maximum Gasteiger partial charge on any atom is 0.325 e. The summed E-state index contributed by atoms with van der Waals surface area (Å²) >= 11 is 0. The molecule has 1 aromatic rings. The Morgan fingerprint density at radius 1 is 1.33 bits per heavy atom. The maximum absolute atomic E-state index is 11.3. The Bertz CT molecular complexity index is 396. The van der Waals surface area contributed by atoms with Gasteiger partial charge in [-0.1, -0.05) is 25.0 Å². The summed E-state index contributed by atoms with van der Waals surface area (Å²) in [5.41, 5.74) is 0.773. The number of rotatable bonds is 5. The summed E-state index contributed by atoms with van der Waals surface area (Å²) in [5, 5.41) is 12.5. The summed E-state index contributed by atoms with van der Waals surface area (Å²) < 4.78 is 5.07. The van der Waals surface area contributed by atoms with E-state index >= 15 is 0 Å². The number of aliphatic carboxylic acids is 1. The van der Waals surface area contributed by atoms with Gasteiger partial charge in [0.05, 0.1) is 7.11 Å². The average Bonchev–Trinajstić information content (AvgIpc) is 2.89. The van der Waals surface area contributed by atoms with Crippen LogP contribution in [-0.2, 0) is 4.79 Å². The predicted octanol–water partition coefficient (Wildman–Crippen LogP) is 2.35.